The third kappa shape index (κ3) is 15.5. The molecule has 3 rings (SSSR count). The van der Waals surface area contributed by atoms with E-state index in [0.29, 0.717) is 25.5 Å². The van der Waals surface area contributed by atoms with Crippen molar-refractivity contribution in [1.82, 2.24) is 0 Å². The van der Waals surface area contributed by atoms with E-state index in [1.54, 1.807) is 0 Å². The predicted octanol–water partition coefficient (Wildman–Crippen LogP) is 9.27. The monoisotopic (exact) mass is 774 g/mol. The highest BCUT2D eigenvalue weighted by molar-refractivity contribution is 6.75. The number of cyclic esters (lactones) is 3. The summed E-state index contributed by atoms with van der Waals surface area (Å²) in [5.74, 6) is -0.546. The minimum atomic E-state index is -1.89. The van der Waals surface area contributed by atoms with Gasteiger partial charge in [0.1, 0.15) is 12.2 Å². The van der Waals surface area contributed by atoms with Gasteiger partial charge in [0.05, 0.1) is 37.6 Å². The molecular weight excluding hydrogens is 701 g/mol. The number of aldehydes is 1. The number of carbonyl (C=O) groups is 4. The molecule has 51 heavy (non-hydrogen) atoms. The first-order chi connectivity index (χ1) is 23.0. The molecule has 0 aliphatic carbocycles. The van der Waals surface area contributed by atoms with E-state index in [1.165, 1.54) is 0 Å². The first-order valence-corrected chi connectivity index (χ1v) is 27.8. The molecule has 0 spiro atoms. The number of rotatable bonds is 9. The van der Waals surface area contributed by atoms with Gasteiger partial charge in [0.15, 0.2) is 37.3 Å². The third-order valence-electron chi connectivity index (χ3n) is 11.5. The molecule has 3 aliphatic heterocycles. The SMILES string of the molecule is CC(C)(C)[Si](C)(C)O[C@H]1CC(=O)OC(C=O)C1.CCC1C[C@@H](O[Si](C)(C)C(C)(C)C)CC(=O)O1.CCC1C[C@@H](O[Si](C)(C)C(C)(C)C)CC(=O)O1. The van der Waals surface area contributed by atoms with Crippen molar-refractivity contribution in [2.45, 2.75) is 219 Å². The van der Waals surface area contributed by atoms with Crippen LogP contribution in [0.4, 0.5) is 0 Å². The quantitative estimate of drug-likeness (QED) is 0.0969. The molecule has 0 radical (unpaired) electrons. The largest absolute Gasteiger partial charge is 0.462 e. The average molecular weight is 775 g/mol. The van der Waals surface area contributed by atoms with Crippen LogP contribution in [0.5, 0.6) is 0 Å². The number of carbonyl (C=O) groups excluding carboxylic acids is 4. The van der Waals surface area contributed by atoms with Gasteiger partial charge in [-0.05, 0) is 67.2 Å². The van der Waals surface area contributed by atoms with Crippen molar-refractivity contribution < 1.29 is 46.7 Å². The molecule has 10 nitrogen and oxygen atoms in total. The second-order valence-corrected chi connectivity index (χ2v) is 33.3. The molecule has 0 aromatic carbocycles. The third-order valence-corrected chi connectivity index (χ3v) is 25.1. The van der Waals surface area contributed by atoms with E-state index < -0.39 is 31.1 Å². The predicted molar refractivity (Wildman–Crippen MR) is 210 cm³/mol. The van der Waals surface area contributed by atoms with Gasteiger partial charge in [0, 0.05) is 19.3 Å². The Morgan fingerprint density at radius 3 is 1.08 bits per heavy atom. The fourth-order valence-electron chi connectivity index (χ4n) is 5.12. The first-order valence-electron chi connectivity index (χ1n) is 19.0. The van der Waals surface area contributed by atoms with E-state index in [0.717, 1.165) is 25.7 Å². The lowest BCUT2D eigenvalue weighted by Gasteiger charge is -2.41. The van der Waals surface area contributed by atoms with Gasteiger partial charge in [0.25, 0.3) is 0 Å². The maximum atomic E-state index is 11.5. The zero-order valence-corrected chi connectivity index (χ0v) is 38.3. The summed E-state index contributed by atoms with van der Waals surface area (Å²) in [6.07, 6.45) is 5.14. The van der Waals surface area contributed by atoms with Gasteiger partial charge < -0.3 is 27.5 Å². The Labute approximate surface area is 313 Å². The number of hydrogen-bond donors (Lipinski definition) is 0. The second-order valence-electron chi connectivity index (χ2n) is 19.0. The Hall–Kier alpha value is -1.39. The summed E-state index contributed by atoms with van der Waals surface area (Å²) in [5.41, 5.74) is 0. The summed E-state index contributed by atoms with van der Waals surface area (Å²) in [7, 11) is -5.43. The summed E-state index contributed by atoms with van der Waals surface area (Å²) in [5, 5.41) is 0.483. The van der Waals surface area contributed by atoms with Crippen LogP contribution in [-0.2, 0) is 46.7 Å². The van der Waals surface area contributed by atoms with Crippen molar-refractivity contribution in [1.29, 1.82) is 0 Å². The van der Waals surface area contributed by atoms with Gasteiger partial charge in [-0.3, -0.25) is 19.2 Å². The summed E-state index contributed by atoms with van der Waals surface area (Å²) < 4.78 is 34.1. The molecule has 0 N–H and O–H groups in total. The lowest BCUT2D eigenvalue weighted by molar-refractivity contribution is -0.161. The molecule has 13 heteroatoms. The number of ether oxygens (including phenoxy) is 3. The molecule has 6 atom stereocenters. The first kappa shape index (κ1) is 47.6. The summed E-state index contributed by atoms with van der Waals surface area (Å²) in [4.78, 5) is 45.0. The van der Waals surface area contributed by atoms with Crippen LogP contribution in [0.1, 0.15) is 128 Å². The van der Waals surface area contributed by atoms with Gasteiger partial charge in [0.2, 0.25) is 0 Å². The summed E-state index contributed by atoms with van der Waals surface area (Å²) in [6, 6.07) is 0. The van der Waals surface area contributed by atoms with E-state index in [2.05, 4.69) is 102 Å². The fourth-order valence-corrected chi connectivity index (χ4v) is 9.21. The van der Waals surface area contributed by atoms with E-state index in [1.807, 2.05) is 13.8 Å². The maximum Gasteiger partial charge on any atom is 0.309 e. The van der Waals surface area contributed by atoms with E-state index >= 15 is 0 Å². The minimum absolute atomic E-state index is 0.0472. The molecule has 3 unspecified atom stereocenters. The Kier molecular flexibility index (Phi) is 17.5. The molecule has 3 aliphatic rings. The van der Waals surface area contributed by atoms with Crippen molar-refractivity contribution in [3.8, 4) is 0 Å². The van der Waals surface area contributed by atoms with Crippen molar-refractivity contribution >= 4 is 49.1 Å². The van der Waals surface area contributed by atoms with Gasteiger partial charge in [-0.25, -0.2) is 0 Å². The highest BCUT2D eigenvalue weighted by atomic mass is 28.4. The lowest BCUT2D eigenvalue weighted by atomic mass is 10.0. The highest BCUT2D eigenvalue weighted by Gasteiger charge is 2.43. The van der Waals surface area contributed by atoms with Crippen LogP contribution < -0.4 is 0 Å². The highest BCUT2D eigenvalue weighted by Crippen LogP contribution is 2.41. The van der Waals surface area contributed by atoms with E-state index in [4.69, 9.17) is 27.5 Å². The molecule has 3 saturated heterocycles. The molecular formula is C38H74O10Si3. The summed E-state index contributed by atoms with van der Waals surface area (Å²) >= 11 is 0. The van der Waals surface area contributed by atoms with Gasteiger partial charge in [-0.2, -0.15) is 0 Å². The minimum Gasteiger partial charge on any atom is -0.462 e. The van der Waals surface area contributed by atoms with Gasteiger partial charge >= 0.3 is 17.9 Å². The Bertz CT molecular complexity index is 1090. The molecule has 3 heterocycles. The molecule has 0 bridgehead atoms. The van der Waals surface area contributed by atoms with Crippen LogP contribution in [0, 0.1) is 0 Å². The maximum absolute atomic E-state index is 11.5. The number of hydrogen-bond acceptors (Lipinski definition) is 10. The normalized spacial score (nSPS) is 26.7. The second kappa shape index (κ2) is 18.8. The van der Waals surface area contributed by atoms with Crippen molar-refractivity contribution in [2.24, 2.45) is 0 Å². The molecule has 0 aromatic heterocycles. The van der Waals surface area contributed by atoms with Gasteiger partial charge in [-0.1, -0.05) is 76.2 Å². The Morgan fingerprint density at radius 2 is 0.824 bits per heavy atom. The smallest absolute Gasteiger partial charge is 0.309 e. The number of esters is 3. The topological polar surface area (TPSA) is 124 Å². The standard InChI is InChI=1S/2C13H26O3Si.C12H22O4Si/c2*1-7-10-8-11(9-12(14)15-10)16-17(5,6)13(2,3)4;1-12(2,3)17(4,5)16-9-6-10(8-13)15-11(14)7-9/h2*10-11H,7-9H2,1-6H3;8-10H,6-7H2,1-5H3/t2*10?,11-;9-,10?/m111/s1. The Morgan fingerprint density at radius 1 is 0.549 bits per heavy atom. The van der Waals surface area contributed by atoms with Crippen molar-refractivity contribution in [2.75, 3.05) is 0 Å². The zero-order valence-electron chi connectivity index (χ0n) is 35.3. The average Bonchev–Trinajstić information content (AvgIpc) is 2.94. The molecule has 0 saturated carbocycles. The summed E-state index contributed by atoms with van der Waals surface area (Å²) in [6.45, 7) is 37.1. The van der Waals surface area contributed by atoms with Crippen molar-refractivity contribution in [3.63, 3.8) is 0 Å². The zero-order chi connectivity index (χ0) is 39.8. The van der Waals surface area contributed by atoms with Crippen molar-refractivity contribution in [3.05, 3.63) is 0 Å². The molecule has 0 aromatic rings. The van der Waals surface area contributed by atoms with Crippen LogP contribution in [0.25, 0.3) is 0 Å². The van der Waals surface area contributed by atoms with Crippen LogP contribution >= 0.6 is 0 Å². The lowest BCUT2D eigenvalue weighted by Crippen LogP contribution is -2.47. The van der Waals surface area contributed by atoms with E-state index in [-0.39, 0.29) is 70.0 Å². The molecule has 3 fully saturated rings. The van der Waals surface area contributed by atoms with Crippen LogP contribution in [-0.4, -0.2) is 85.8 Å². The van der Waals surface area contributed by atoms with E-state index in [9.17, 15) is 19.2 Å². The molecule has 298 valence electrons. The van der Waals surface area contributed by atoms with Crippen LogP contribution in [0.15, 0.2) is 0 Å². The van der Waals surface area contributed by atoms with Crippen LogP contribution in [0.3, 0.4) is 0 Å². The Balaban J connectivity index is 0.000000382. The van der Waals surface area contributed by atoms with Crippen LogP contribution in [0.2, 0.25) is 54.4 Å². The fraction of sp³-hybridized carbons (Fsp3) is 0.895. The molecule has 0 amide bonds. The van der Waals surface area contributed by atoms with Gasteiger partial charge in [-0.15, -0.1) is 0 Å².